The molecule has 0 unspecified atom stereocenters. The molecule has 2 rings (SSSR count). The molecule has 1 saturated heterocycles. The van der Waals surface area contributed by atoms with Crippen molar-refractivity contribution >= 4 is 5.91 Å². The minimum atomic E-state index is -0.835. The minimum Gasteiger partial charge on any atom is -0.388 e. The number of hydrogen-bond donors (Lipinski definition) is 1. The highest BCUT2D eigenvalue weighted by molar-refractivity contribution is 5.94. The summed E-state index contributed by atoms with van der Waals surface area (Å²) in [4.78, 5) is 14.0. The average molecular weight is 293 g/mol. The van der Waals surface area contributed by atoms with Crippen LogP contribution >= 0.6 is 0 Å². The molecule has 0 spiro atoms. The van der Waals surface area contributed by atoms with Gasteiger partial charge in [-0.05, 0) is 17.7 Å². The van der Waals surface area contributed by atoms with Crippen molar-refractivity contribution in [3.63, 3.8) is 0 Å². The predicted octanol–water partition coefficient (Wildman–Crippen LogP) is 1.45. The Balaban J connectivity index is 1.98. The van der Waals surface area contributed by atoms with Gasteiger partial charge in [0.05, 0.1) is 12.2 Å². The molecule has 1 aromatic rings. The number of amides is 1. The normalized spacial score (nSPS) is 17.5. The molecule has 1 aromatic carbocycles. The van der Waals surface area contributed by atoms with Gasteiger partial charge in [0.15, 0.2) is 0 Å². The first-order valence-corrected chi connectivity index (χ1v) is 7.17. The van der Waals surface area contributed by atoms with Crippen LogP contribution in [0, 0.1) is 0 Å². The van der Waals surface area contributed by atoms with Gasteiger partial charge in [0.2, 0.25) is 0 Å². The quantitative estimate of drug-likeness (QED) is 0.892. The van der Waals surface area contributed by atoms with E-state index in [4.69, 9.17) is 9.47 Å². The van der Waals surface area contributed by atoms with E-state index in [0.29, 0.717) is 44.8 Å². The van der Waals surface area contributed by atoms with Crippen molar-refractivity contribution in [1.29, 1.82) is 0 Å². The third-order valence-electron chi connectivity index (χ3n) is 3.81. The average Bonchev–Trinajstić information content (AvgIpc) is 2.48. The van der Waals surface area contributed by atoms with Crippen LogP contribution in [0.1, 0.15) is 28.8 Å². The van der Waals surface area contributed by atoms with Crippen LogP contribution < -0.4 is 0 Å². The molecule has 1 aliphatic rings. The number of carbonyl (C=O) groups is 1. The molecular formula is C16H23NO4. The lowest BCUT2D eigenvalue weighted by atomic mass is 9.93. The maximum Gasteiger partial charge on any atom is 0.253 e. The van der Waals surface area contributed by atoms with E-state index in [-0.39, 0.29) is 5.91 Å². The third kappa shape index (κ3) is 4.27. The van der Waals surface area contributed by atoms with E-state index in [0.717, 1.165) is 5.56 Å². The zero-order valence-electron chi connectivity index (χ0n) is 12.7. The molecule has 1 N–H and O–H groups in total. The molecule has 116 valence electrons. The number of hydrogen-bond acceptors (Lipinski definition) is 4. The van der Waals surface area contributed by atoms with Gasteiger partial charge in [-0.25, -0.2) is 0 Å². The molecule has 1 amide bonds. The van der Waals surface area contributed by atoms with Gasteiger partial charge in [0.1, 0.15) is 0 Å². The van der Waals surface area contributed by atoms with Gasteiger partial charge in [0, 0.05) is 52.3 Å². The zero-order chi connectivity index (χ0) is 15.3. The van der Waals surface area contributed by atoms with Crippen molar-refractivity contribution in [2.45, 2.75) is 25.0 Å². The van der Waals surface area contributed by atoms with E-state index in [2.05, 4.69) is 0 Å². The van der Waals surface area contributed by atoms with Crippen LogP contribution in [0.2, 0.25) is 0 Å². The van der Waals surface area contributed by atoms with Crippen LogP contribution in [-0.2, 0) is 16.1 Å². The fraction of sp³-hybridized carbons (Fsp3) is 0.562. The number of rotatable bonds is 5. The van der Waals surface area contributed by atoms with Crippen LogP contribution in [0.3, 0.4) is 0 Å². The lowest BCUT2D eigenvalue weighted by molar-refractivity contribution is -0.0734. The smallest absolute Gasteiger partial charge is 0.253 e. The van der Waals surface area contributed by atoms with Crippen molar-refractivity contribution in [3.8, 4) is 0 Å². The zero-order valence-corrected chi connectivity index (χ0v) is 12.7. The SMILES string of the molecule is COCc1ccc(C(=O)N(C)CC2(O)CCOCC2)cc1. The standard InChI is InChI=1S/C16H23NO4/c1-17(12-16(19)7-9-21-10-8-16)15(18)14-5-3-13(4-6-14)11-20-2/h3-6,19H,7-12H2,1-2H3. The number of aliphatic hydroxyl groups is 1. The Bertz CT molecular complexity index is 466. The Labute approximate surface area is 125 Å². The molecule has 1 aliphatic heterocycles. The number of nitrogens with zero attached hydrogens (tertiary/aromatic N) is 1. The van der Waals surface area contributed by atoms with Crippen LogP contribution in [0.5, 0.6) is 0 Å². The molecule has 1 heterocycles. The number of benzene rings is 1. The highest BCUT2D eigenvalue weighted by Crippen LogP contribution is 2.22. The number of ether oxygens (including phenoxy) is 2. The number of carbonyl (C=O) groups excluding carboxylic acids is 1. The summed E-state index contributed by atoms with van der Waals surface area (Å²) in [6, 6.07) is 7.35. The molecule has 21 heavy (non-hydrogen) atoms. The first-order chi connectivity index (χ1) is 10.0. The van der Waals surface area contributed by atoms with Crippen LogP contribution in [-0.4, -0.2) is 55.4 Å². The summed E-state index contributed by atoms with van der Waals surface area (Å²) in [5, 5.41) is 10.5. The largest absolute Gasteiger partial charge is 0.388 e. The van der Waals surface area contributed by atoms with E-state index < -0.39 is 5.60 Å². The van der Waals surface area contributed by atoms with Crippen LogP contribution in [0.25, 0.3) is 0 Å². The maximum atomic E-state index is 12.4. The molecule has 5 nitrogen and oxygen atoms in total. The predicted molar refractivity (Wildman–Crippen MR) is 79.1 cm³/mol. The summed E-state index contributed by atoms with van der Waals surface area (Å²) >= 11 is 0. The Morgan fingerprint density at radius 2 is 1.95 bits per heavy atom. The second kappa shape index (κ2) is 7.02. The van der Waals surface area contributed by atoms with Gasteiger partial charge < -0.3 is 19.5 Å². The Morgan fingerprint density at radius 1 is 1.33 bits per heavy atom. The van der Waals surface area contributed by atoms with Crippen molar-refractivity contribution < 1.29 is 19.4 Å². The van der Waals surface area contributed by atoms with Gasteiger partial charge in [-0.2, -0.15) is 0 Å². The molecule has 5 heteroatoms. The van der Waals surface area contributed by atoms with Crippen LogP contribution in [0.4, 0.5) is 0 Å². The van der Waals surface area contributed by atoms with E-state index >= 15 is 0 Å². The van der Waals surface area contributed by atoms with Gasteiger partial charge in [-0.3, -0.25) is 4.79 Å². The molecule has 0 radical (unpaired) electrons. The monoisotopic (exact) mass is 293 g/mol. The second-order valence-corrected chi connectivity index (χ2v) is 5.63. The topological polar surface area (TPSA) is 59.0 Å². The van der Waals surface area contributed by atoms with Gasteiger partial charge in [-0.1, -0.05) is 12.1 Å². The molecule has 0 aromatic heterocycles. The van der Waals surface area contributed by atoms with Gasteiger partial charge in [0.25, 0.3) is 5.91 Å². The number of methoxy groups -OCH3 is 1. The fourth-order valence-electron chi connectivity index (χ4n) is 2.55. The van der Waals surface area contributed by atoms with Crippen molar-refractivity contribution in [2.75, 3.05) is 33.9 Å². The van der Waals surface area contributed by atoms with Crippen LogP contribution in [0.15, 0.2) is 24.3 Å². The van der Waals surface area contributed by atoms with Crippen molar-refractivity contribution in [3.05, 3.63) is 35.4 Å². The lowest BCUT2D eigenvalue weighted by Crippen LogP contribution is -2.47. The number of likely N-dealkylation sites (N-methyl/N-ethyl adjacent to an activating group) is 1. The Morgan fingerprint density at radius 3 is 2.52 bits per heavy atom. The molecule has 0 bridgehead atoms. The first kappa shape index (κ1) is 15.9. The highest BCUT2D eigenvalue weighted by atomic mass is 16.5. The summed E-state index contributed by atoms with van der Waals surface area (Å²) in [5.41, 5.74) is 0.811. The maximum absolute atomic E-state index is 12.4. The highest BCUT2D eigenvalue weighted by Gasteiger charge is 2.32. The molecule has 1 fully saturated rings. The lowest BCUT2D eigenvalue weighted by Gasteiger charge is -2.35. The minimum absolute atomic E-state index is 0.0844. The Hall–Kier alpha value is -1.43. The van der Waals surface area contributed by atoms with E-state index in [9.17, 15) is 9.90 Å². The van der Waals surface area contributed by atoms with Crippen molar-refractivity contribution in [2.24, 2.45) is 0 Å². The summed E-state index contributed by atoms with van der Waals surface area (Å²) in [6.07, 6.45) is 1.13. The summed E-state index contributed by atoms with van der Waals surface area (Å²) < 4.78 is 10.3. The Kier molecular flexibility index (Phi) is 5.33. The van der Waals surface area contributed by atoms with E-state index in [1.165, 1.54) is 0 Å². The van der Waals surface area contributed by atoms with Gasteiger partial charge >= 0.3 is 0 Å². The van der Waals surface area contributed by atoms with Gasteiger partial charge in [-0.15, -0.1) is 0 Å². The van der Waals surface area contributed by atoms with Crippen molar-refractivity contribution in [1.82, 2.24) is 4.90 Å². The summed E-state index contributed by atoms with van der Waals surface area (Å²) in [6.45, 7) is 1.95. The summed E-state index contributed by atoms with van der Waals surface area (Å²) in [7, 11) is 3.36. The molecule has 0 aliphatic carbocycles. The fourth-order valence-corrected chi connectivity index (χ4v) is 2.55. The molecule has 0 atom stereocenters. The third-order valence-corrected chi connectivity index (χ3v) is 3.81. The molecular weight excluding hydrogens is 270 g/mol. The summed E-state index contributed by atoms with van der Waals surface area (Å²) in [5.74, 6) is -0.0844. The van der Waals surface area contributed by atoms with E-state index in [1.54, 1.807) is 31.2 Å². The first-order valence-electron chi connectivity index (χ1n) is 7.17. The molecule has 0 saturated carbocycles. The van der Waals surface area contributed by atoms with E-state index in [1.807, 2.05) is 12.1 Å². The second-order valence-electron chi connectivity index (χ2n) is 5.63.